The fourth-order valence-corrected chi connectivity index (χ4v) is 2.22. The number of nitrogens with two attached hydrogens (primary N) is 1. The SMILES string of the molecule is CC1OCCC1CNc1ccc(N)cc1Cl. The highest BCUT2D eigenvalue weighted by Crippen LogP contribution is 2.26. The second-order valence-corrected chi connectivity index (χ2v) is 4.65. The van der Waals surface area contributed by atoms with Crippen LogP contribution in [0.1, 0.15) is 13.3 Å². The largest absolute Gasteiger partial charge is 0.399 e. The van der Waals surface area contributed by atoms with Gasteiger partial charge in [-0.05, 0) is 31.5 Å². The first-order chi connectivity index (χ1) is 7.66. The highest BCUT2D eigenvalue weighted by molar-refractivity contribution is 6.33. The molecule has 3 N–H and O–H groups in total. The van der Waals surface area contributed by atoms with E-state index in [0.717, 1.165) is 25.3 Å². The van der Waals surface area contributed by atoms with Crippen molar-refractivity contribution < 1.29 is 4.74 Å². The summed E-state index contributed by atoms with van der Waals surface area (Å²) in [7, 11) is 0. The summed E-state index contributed by atoms with van der Waals surface area (Å²) < 4.78 is 5.51. The fourth-order valence-electron chi connectivity index (χ4n) is 1.96. The molecule has 0 aliphatic carbocycles. The van der Waals surface area contributed by atoms with E-state index in [9.17, 15) is 0 Å². The third-order valence-corrected chi connectivity index (χ3v) is 3.39. The Morgan fingerprint density at radius 1 is 1.56 bits per heavy atom. The maximum absolute atomic E-state index is 6.08. The van der Waals surface area contributed by atoms with E-state index < -0.39 is 0 Å². The minimum Gasteiger partial charge on any atom is -0.399 e. The lowest BCUT2D eigenvalue weighted by molar-refractivity contribution is 0.108. The molecule has 0 radical (unpaired) electrons. The number of anilines is 2. The van der Waals surface area contributed by atoms with Crippen molar-refractivity contribution in [1.82, 2.24) is 0 Å². The Bertz CT molecular complexity index is 370. The molecule has 3 nitrogen and oxygen atoms in total. The highest BCUT2D eigenvalue weighted by Gasteiger charge is 2.23. The molecule has 1 saturated heterocycles. The van der Waals surface area contributed by atoms with E-state index in [1.54, 1.807) is 6.07 Å². The molecule has 1 aromatic rings. The monoisotopic (exact) mass is 240 g/mol. The van der Waals surface area contributed by atoms with Crippen molar-refractivity contribution in [3.63, 3.8) is 0 Å². The molecule has 1 aromatic carbocycles. The lowest BCUT2D eigenvalue weighted by atomic mass is 10.0. The molecular formula is C12H17ClN2O. The molecule has 1 aliphatic heterocycles. The zero-order valence-electron chi connectivity index (χ0n) is 9.37. The second-order valence-electron chi connectivity index (χ2n) is 4.24. The van der Waals surface area contributed by atoms with Gasteiger partial charge in [0.05, 0.1) is 16.8 Å². The summed E-state index contributed by atoms with van der Waals surface area (Å²) >= 11 is 6.08. The highest BCUT2D eigenvalue weighted by atomic mass is 35.5. The van der Waals surface area contributed by atoms with Gasteiger partial charge >= 0.3 is 0 Å². The van der Waals surface area contributed by atoms with Crippen LogP contribution in [0.25, 0.3) is 0 Å². The van der Waals surface area contributed by atoms with Gasteiger partial charge in [-0.1, -0.05) is 11.6 Å². The van der Waals surface area contributed by atoms with Crippen molar-refractivity contribution in [1.29, 1.82) is 0 Å². The lowest BCUT2D eigenvalue weighted by Crippen LogP contribution is -2.20. The van der Waals surface area contributed by atoms with Crippen LogP contribution in [-0.2, 0) is 4.74 Å². The summed E-state index contributed by atoms with van der Waals surface area (Å²) in [6.07, 6.45) is 1.45. The zero-order chi connectivity index (χ0) is 11.5. The summed E-state index contributed by atoms with van der Waals surface area (Å²) in [5.41, 5.74) is 7.26. The van der Waals surface area contributed by atoms with Crippen LogP contribution in [0, 0.1) is 5.92 Å². The Morgan fingerprint density at radius 3 is 3.00 bits per heavy atom. The topological polar surface area (TPSA) is 47.3 Å². The third-order valence-electron chi connectivity index (χ3n) is 3.08. The second kappa shape index (κ2) is 4.93. The number of hydrogen-bond acceptors (Lipinski definition) is 3. The molecular weight excluding hydrogens is 224 g/mol. The molecule has 1 heterocycles. The third kappa shape index (κ3) is 2.60. The summed E-state index contributed by atoms with van der Waals surface area (Å²) in [5, 5.41) is 4.02. The van der Waals surface area contributed by atoms with Gasteiger partial charge in [-0.15, -0.1) is 0 Å². The molecule has 0 bridgehead atoms. The van der Waals surface area contributed by atoms with Gasteiger partial charge in [0.2, 0.25) is 0 Å². The number of hydrogen-bond donors (Lipinski definition) is 2. The minimum atomic E-state index is 0.333. The maximum atomic E-state index is 6.08. The molecule has 1 aliphatic rings. The zero-order valence-corrected chi connectivity index (χ0v) is 10.1. The Kier molecular flexibility index (Phi) is 3.56. The summed E-state index contributed by atoms with van der Waals surface area (Å²) in [6, 6.07) is 5.53. The van der Waals surface area contributed by atoms with Crippen LogP contribution in [0.15, 0.2) is 18.2 Å². The number of ether oxygens (including phenoxy) is 1. The number of nitrogens with one attached hydrogen (secondary N) is 1. The number of halogens is 1. The Labute approximate surface area is 101 Å². The normalized spacial score (nSPS) is 24.6. The van der Waals surface area contributed by atoms with Crippen molar-refractivity contribution in [3.8, 4) is 0 Å². The molecule has 16 heavy (non-hydrogen) atoms. The summed E-state index contributed by atoms with van der Waals surface area (Å²) in [5.74, 6) is 0.564. The predicted octanol–water partition coefficient (Wildman–Crippen LogP) is 2.76. The van der Waals surface area contributed by atoms with Crippen molar-refractivity contribution in [2.45, 2.75) is 19.4 Å². The first-order valence-corrected chi connectivity index (χ1v) is 5.95. The van der Waals surface area contributed by atoms with Crippen LogP contribution in [0.4, 0.5) is 11.4 Å². The van der Waals surface area contributed by atoms with Gasteiger partial charge in [0, 0.05) is 24.8 Å². The van der Waals surface area contributed by atoms with Crippen LogP contribution >= 0.6 is 11.6 Å². The average Bonchev–Trinajstić information content (AvgIpc) is 2.63. The van der Waals surface area contributed by atoms with Gasteiger partial charge in [0.1, 0.15) is 0 Å². The van der Waals surface area contributed by atoms with Gasteiger partial charge in [0.15, 0.2) is 0 Å². The fraction of sp³-hybridized carbons (Fsp3) is 0.500. The first kappa shape index (κ1) is 11.6. The van der Waals surface area contributed by atoms with Crippen LogP contribution in [0.5, 0.6) is 0 Å². The van der Waals surface area contributed by atoms with E-state index in [1.807, 2.05) is 12.1 Å². The van der Waals surface area contributed by atoms with Crippen molar-refractivity contribution >= 4 is 23.0 Å². The quantitative estimate of drug-likeness (QED) is 0.799. The molecule has 4 heteroatoms. The van der Waals surface area contributed by atoms with E-state index in [4.69, 9.17) is 22.1 Å². The Morgan fingerprint density at radius 2 is 2.38 bits per heavy atom. The average molecular weight is 241 g/mol. The molecule has 0 saturated carbocycles. The molecule has 2 atom stereocenters. The first-order valence-electron chi connectivity index (χ1n) is 5.57. The number of benzene rings is 1. The smallest absolute Gasteiger partial charge is 0.0657 e. The van der Waals surface area contributed by atoms with Gasteiger partial charge in [-0.3, -0.25) is 0 Å². The van der Waals surface area contributed by atoms with Crippen LogP contribution in [0.2, 0.25) is 5.02 Å². The van der Waals surface area contributed by atoms with Crippen molar-refractivity contribution in [3.05, 3.63) is 23.2 Å². The Hall–Kier alpha value is -0.930. The summed E-state index contributed by atoms with van der Waals surface area (Å²) in [4.78, 5) is 0. The standard InChI is InChI=1S/C12H17ClN2O/c1-8-9(4-5-16-8)7-15-12-3-2-10(14)6-11(12)13/h2-3,6,8-9,15H,4-5,7,14H2,1H3. The molecule has 2 unspecified atom stereocenters. The molecule has 0 amide bonds. The Balaban J connectivity index is 1.94. The van der Waals surface area contributed by atoms with E-state index in [1.165, 1.54) is 0 Å². The predicted molar refractivity (Wildman–Crippen MR) is 67.9 cm³/mol. The van der Waals surface area contributed by atoms with Gasteiger partial charge in [0.25, 0.3) is 0 Å². The van der Waals surface area contributed by atoms with Crippen LogP contribution in [-0.4, -0.2) is 19.3 Å². The van der Waals surface area contributed by atoms with E-state index in [2.05, 4.69) is 12.2 Å². The van der Waals surface area contributed by atoms with E-state index >= 15 is 0 Å². The van der Waals surface area contributed by atoms with Gasteiger partial charge in [-0.25, -0.2) is 0 Å². The molecule has 1 fully saturated rings. The molecule has 88 valence electrons. The van der Waals surface area contributed by atoms with Crippen molar-refractivity contribution in [2.75, 3.05) is 24.2 Å². The minimum absolute atomic E-state index is 0.333. The van der Waals surface area contributed by atoms with E-state index in [0.29, 0.717) is 22.7 Å². The van der Waals surface area contributed by atoms with Gasteiger partial charge < -0.3 is 15.8 Å². The lowest BCUT2D eigenvalue weighted by Gasteiger charge is -2.16. The van der Waals surface area contributed by atoms with Crippen LogP contribution in [0.3, 0.4) is 0 Å². The molecule has 0 aromatic heterocycles. The van der Waals surface area contributed by atoms with Crippen LogP contribution < -0.4 is 11.1 Å². The van der Waals surface area contributed by atoms with Crippen molar-refractivity contribution in [2.24, 2.45) is 5.92 Å². The summed E-state index contributed by atoms with van der Waals surface area (Å²) in [6.45, 7) is 3.87. The number of nitrogen functional groups attached to an aromatic ring is 1. The molecule has 0 spiro atoms. The molecule has 2 rings (SSSR count). The maximum Gasteiger partial charge on any atom is 0.0657 e. The van der Waals surface area contributed by atoms with Gasteiger partial charge in [-0.2, -0.15) is 0 Å². The van der Waals surface area contributed by atoms with E-state index in [-0.39, 0.29) is 0 Å². The number of rotatable bonds is 3.